The summed E-state index contributed by atoms with van der Waals surface area (Å²) in [5, 5.41) is 17.8. The lowest BCUT2D eigenvalue weighted by atomic mass is 9.82. The van der Waals surface area contributed by atoms with Gasteiger partial charge in [0.05, 0.1) is 34.0 Å². The SMILES string of the molecule is C.CCCS(=O)(=O)Nc1ccc(F)c(C(=O)c2c[nH]c3ncc(-c4cccnc4)cc23)c1F.CCCS(=O)(=O)Nc1ccc(F)c(C(=O)c2c[nH]c3ncc(Br)cc23)c1F.OB(O)c1cccnc1. The van der Waals surface area contributed by atoms with E-state index in [1.165, 1.54) is 24.8 Å². The highest BCUT2D eigenvalue weighted by molar-refractivity contribution is 9.10. The smallest absolute Gasteiger partial charge is 0.423 e. The molecule has 0 saturated carbocycles. The van der Waals surface area contributed by atoms with E-state index in [-0.39, 0.29) is 30.1 Å². The molecule has 0 bridgehead atoms. The summed E-state index contributed by atoms with van der Waals surface area (Å²) in [6.45, 7) is 3.30. The van der Waals surface area contributed by atoms with E-state index in [0.717, 1.165) is 29.8 Å². The number of halogens is 5. The number of rotatable bonds is 14. The predicted molar refractivity (Wildman–Crippen MR) is 259 cm³/mol. The molecule has 6 heterocycles. The van der Waals surface area contributed by atoms with Crippen LogP contribution in [0.5, 0.6) is 0 Å². The van der Waals surface area contributed by atoms with E-state index < -0.39 is 84.5 Å². The first kappa shape index (κ1) is 53.1. The topological polar surface area (TPSA) is 250 Å². The molecule has 16 nitrogen and oxygen atoms in total. The van der Waals surface area contributed by atoms with Crippen molar-refractivity contribution in [3.05, 3.63) is 160 Å². The highest BCUT2D eigenvalue weighted by atomic mass is 79.9. The fraction of sp³-hybridized carbons (Fsp3) is 0.156. The summed E-state index contributed by atoms with van der Waals surface area (Å²) in [6.07, 6.45) is 12.6. The molecule has 0 aliphatic heterocycles. The Morgan fingerprint density at radius 1 is 0.667 bits per heavy atom. The van der Waals surface area contributed by atoms with E-state index in [9.17, 15) is 39.6 Å². The molecule has 0 fully saturated rings. The summed E-state index contributed by atoms with van der Waals surface area (Å²) in [6, 6.07) is 13.7. The third kappa shape index (κ3) is 12.8. The number of benzene rings is 2. The van der Waals surface area contributed by atoms with Crippen molar-refractivity contribution in [1.82, 2.24) is 29.9 Å². The van der Waals surface area contributed by atoms with Gasteiger partial charge in [-0.05, 0) is 77.3 Å². The van der Waals surface area contributed by atoms with Gasteiger partial charge in [0.2, 0.25) is 31.6 Å². The van der Waals surface area contributed by atoms with E-state index in [1.807, 2.05) is 6.07 Å². The van der Waals surface area contributed by atoms with Crippen molar-refractivity contribution in [2.45, 2.75) is 34.1 Å². The average molecular weight is 1050 g/mol. The molecule has 0 amide bonds. The summed E-state index contributed by atoms with van der Waals surface area (Å²) in [4.78, 5) is 47.6. The molecule has 6 N–H and O–H groups in total. The molecule has 24 heteroatoms. The van der Waals surface area contributed by atoms with Crippen LogP contribution in [-0.2, 0) is 20.0 Å². The van der Waals surface area contributed by atoms with Crippen LogP contribution in [0.2, 0.25) is 0 Å². The molecular formula is C45H42BBrF4N8O8S2. The van der Waals surface area contributed by atoms with Gasteiger partial charge in [0, 0.05) is 92.5 Å². The van der Waals surface area contributed by atoms with Gasteiger partial charge in [-0.25, -0.2) is 44.4 Å². The Bertz CT molecular complexity index is 3350. The largest absolute Gasteiger partial charge is 0.490 e. The van der Waals surface area contributed by atoms with Gasteiger partial charge in [-0.1, -0.05) is 33.4 Å². The normalized spacial score (nSPS) is 11.1. The van der Waals surface area contributed by atoms with Crippen molar-refractivity contribution in [3.8, 4) is 11.1 Å². The third-order valence-electron chi connectivity index (χ3n) is 9.61. The minimum atomic E-state index is -3.83. The van der Waals surface area contributed by atoms with E-state index in [2.05, 4.69) is 55.3 Å². The zero-order valence-corrected chi connectivity index (χ0v) is 38.9. The van der Waals surface area contributed by atoms with Crippen molar-refractivity contribution in [3.63, 3.8) is 0 Å². The van der Waals surface area contributed by atoms with Crippen LogP contribution in [0.4, 0.5) is 28.9 Å². The van der Waals surface area contributed by atoms with Crippen LogP contribution >= 0.6 is 15.9 Å². The highest BCUT2D eigenvalue weighted by Crippen LogP contribution is 2.31. The van der Waals surface area contributed by atoms with Gasteiger partial charge in [-0.3, -0.25) is 29.0 Å². The van der Waals surface area contributed by atoms with Crippen molar-refractivity contribution in [1.29, 1.82) is 0 Å². The number of pyridine rings is 4. The molecule has 8 aromatic rings. The number of nitrogens with zero attached hydrogens (tertiary/aromatic N) is 4. The molecule has 0 unspecified atom stereocenters. The molecule has 8 rings (SSSR count). The van der Waals surface area contributed by atoms with Crippen molar-refractivity contribution >= 4 is 93.6 Å². The molecule has 6 aromatic heterocycles. The Labute approximate surface area is 402 Å². The van der Waals surface area contributed by atoms with Crippen molar-refractivity contribution in [2.24, 2.45) is 0 Å². The Morgan fingerprint density at radius 2 is 1.14 bits per heavy atom. The summed E-state index contributed by atoms with van der Waals surface area (Å²) in [5.74, 6) is -7.06. The zero-order valence-electron chi connectivity index (χ0n) is 35.6. The maximum Gasteiger partial charge on any atom is 0.490 e. The molecule has 0 atom stereocenters. The van der Waals surface area contributed by atoms with Crippen LogP contribution in [0.25, 0.3) is 33.2 Å². The number of hydrogen-bond donors (Lipinski definition) is 6. The molecule has 0 spiro atoms. The van der Waals surface area contributed by atoms with Gasteiger partial charge < -0.3 is 20.0 Å². The number of nitrogens with one attached hydrogen (secondary N) is 4. The molecule has 0 radical (unpaired) electrons. The number of carbonyl (C=O) groups excluding carboxylic acids is 2. The number of sulfonamides is 2. The van der Waals surface area contributed by atoms with Crippen molar-refractivity contribution < 1.29 is 54.0 Å². The summed E-state index contributed by atoms with van der Waals surface area (Å²) in [7, 11) is -9.04. The Hall–Kier alpha value is -6.86. The monoisotopic (exact) mass is 1050 g/mol. The second kappa shape index (κ2) is 23.0. The van der Waals surface area contributed by atoms with Crippen LogP contribution in [0.1, 0.15) is 66.0 Å². The minimum Gasteiger partial charge on any atom is -0.423 e. The van der Waals surface area contributed by atoms with Crippen LogP contribution in [0.3, 0.4) is 0 Å². The minimum absolute atomic E-state index is 0. The zero-order chi connectivity index (χ0) is 49.3. The second-order valence-corrected chi connectivity index (χ2v) is 19.1. The quantitative estimate of drug-likeness (QED) is 0.0349. The number of aromatic amines is 2. The Kier molecular flexibility index (Phi) is 17.7. The van der Waals surface area contributed by atoms with Gasteiger partial charge in [0.15, 0.2) is 11.6 Å². The maximum absolute atomic E-state index is 15.1. The number of fused-ring (bicyclic) bond motifs is 2. The Balaban J connectivity index is 0.000000217. The predicted octanol–water partition coefficient (Wildman–Crippen LogP) is 7.67. The van der Waals surface area contributed by atoms with Gasteiger partial charge >= 0.3 is 7.12 Å². The van der Waals surface area contributed by atoms with Gasteiger partial charge in [0.1, 0.15) is 22.9 Å². The lowest BCUT2D eigenvalue weighted by Gasteiger charge is -2.11. The molecule has 0 aliphatic rings. The van der Waals surface area contributed by atoms with E-state index in [0.29, 0.717) is 50.4 Å². The molecule has 0 saturated heterocycles. The highest BCUT2D eigenvalue weighted by Gasteiger charge is 2.28. The molecular weight excluding hydrogens is 1010 g/mol. The summed E-state index contributed by atoms with van der Waals surface area (Å²) >= 11 is 3.23. The summed E-state index contributed by atoms with van der Waals surface area (Å²) in [5.41, 5.74) is -0.0602. The van der Waals surface area contributed by atoms with Crippen LogP contribution in [0.15, 0.2) is 115 Å². The van der Waals surface area contributed by atoms with Gasteiger partial charge in [0.25, 0.3) is 0 Å². The molecule has 360 valence electrons. The fourth-order valence-electron chi connectivity index (χ4n) is 6.50. The molecule has 2 aromatic carbocycles. The average Bonchev–Trinajstić information content (AvgIpc) is 3.93. The first-order chi connectivity index (χ1) is 32.3. The number of hydrogen-bond acceptors (Lipinski definition) is 12. The van der Waals surface area contributed by atoms with Crippen molar-refractivity contribution in [2.75, 3.05) is 20.9 Å². The van der Waals surface area contributed by atoms with E-state index in [1.54, 1.807) is 69.0 Å². The fourth-order valence-corrected chi connectivity index (χ4v) is 9.10. The molecule has 69 heavy (non-hydrogen) atoms. The van der Waals surface area contributed by atoms with E-state index in [4.69, 9.17) is 10.0 Å². The standard InChI is InChI=1S/C22H18F2N4O3S.C17H14BrF2N3O3S.C5H6BNO2.CH4/c1-2-8-32(30,31)28-18-6-5-17(23)19(20(18)24)21(29)16-12-27-22-15(16)9-14(11-26-22)13-4-3-7-25-10-13;1-2-5-27(25,26)23-13-4-3-12(19)14(15(13)20)16(24)11-8-22-17-10(11)6-9(18)7-21-17;8-6(9)5-2-1-3-7-4-5;/h3-7,9-12,28H,2,8H2,1H3,(H,26,27);3-4,6-8,23H,2,5H2,1H3,(H,21,22);1-4,8-9H;1H4. The third-order valence-corrected chi connectivity index (χ3v) is 13.0. The van der Waals surface area contributed by atoms with Gasteiger partial charge in [-0.2, -0.15) is 0 Å². The lowest BCUT2D eigenvalue weighted by Crippen LogP contribution is -2.29. The number of anilines is 2. The summed E-state index contributed by atoms with van der Waals surface area (Å²) < 4.78 is 111. The van der Waals surface area contributed by atoms with Crippen LogP contribution < -0.4 is 14.9 Å². The first-order valence-electron chi connectivity index (χ1n) is 20.2. The maximum atomic E-state index is 15.1. The number of ketones is 2. The number of H-pyrrole nitrogens is 2. The second-order valence-electron chi connectivity index (χ2n) is 14.5. The van der Waals surface area contributed by atoms with Gasteiger partial charge in [-0.15, -0.1) is 0 Å². The number of carbonyl (C=O) groups is 2. The van der Waals surface area contributed by atoms with Crippen LogP contribution in [0, 0.1) is 23.3 Å². The number of aromatic nitrogens is 6. The molecule has 0 aliphatic carbocycles. The first-order valence-corrected chi connectivity index (χ1v) is 24.3. The van der Waals surface area contributed by atoms with E-state index >= 15 is 4.39 Å². The lowest BCUT2D eigenvalue weighted by molar-refractivity contribution is 0.102. The Morgan fingerprint density at radius 3 is 1.58 bits per heavy atom. The van der Waals surface area contributed by atoms with Crippen LogP contribution in [-0.4, -0.2) is 87.0 Å².